The van der Waals surface area contributed by atoms with E-state index in [1.807, 2.05) is 41.2 Å². The summed E-state index contributed by atoms with van der Waals surface area (Å²) >= 11 is 0. The minimum absolute atomic E-state index is 0.207. The van der Waals surface area contributed by atoms with E-state index in [9.17, 15) is 4.39 Å². The summed E-state index contributed by atoms with van der Waals surface area (Å²) in [7, 11) is 0. The molecule has 2 aromatic carbocycles. The Bertz CT molecular complexity index is 1150. The molecule has 3 heterocycles. The van der Waals surface area contributed by atoms with Crippen LogP contribution in [-0.2, 0) is 0 Å². The Balaban J connectivity index is 1.42. The van der Waals surface area contributed by atoms with Gasteiger partial charge in [-0.15, -0.1) is 0 Å². The zero-order valence-electron chi connectivity index (χ0n) is 16.2. The first-order valence-corrected chi connectivity index (χ1v) is 9.71. The average molecular weight is 388 g/mol. The number of hydrogen-bond donors (Lipinski definition) is 0. The van der Waals surface area contributed by atoms with Crippen molar-refractivity contribution in [3.05, 3.63) is 72.4 Å². The van der Waals surface area contributed by atoms with E-state index in [-0.39, 0.29) is 5.82 Å². The predicted octanol–water partition coefficient (Wildman–Crippen LogP) is 3.59. The average Bonchev–Trinajstić information content (AvgIpc) is 3.19. The molecule has 0 spiro atoms. The highest BCUT2D eigenvalue weighted by Gasteiger charge is 2.22. The molecule has 0 atom stereocenters. The van der Waals surface area contributed by atoms with Gasteiger partial charge in [0.2, 0.25) is 0 Å². The summed E-state index contributed by atoms with van der Waals surface area (Å²) in [6.45, 7) is 5.43. The van der Waals surface area contributed by atoms with E-state index in [1.54, 1.807) is 6.33 Å². The topological polar surface area (TPSA) is 50.1 Å². The molecule has 7 heteroatoms. The van der Waals surface area contributed by atoms with Crippen LogP contribution in [-0.4, -0.2) is 45.9 Å². The maximum absolute atomic E-state index is 13.2. The molecule has 29 heavy (non-hydrogen) atoms. The van der Waals surface area contributed by atoms with Gasteiger partial charge in [-0.25, -0.2) is 19.0 Å². The Morgan fingerprint density at radius 3 is 2.34 bits per heavy atom. The van der Waals surface area contributed by atoms with Crippen molar-refractivity contribution in [3.63, 3.8) is 0 Å². The molecule has 6 nitrogen and oxygen atoms in total. The molecule has 0 saturated carbocycles. The van der Waals surface area contributed by atoms with Crippen molar-refractivity contribution in [1.29, 1.82) is 0 Å². The second kappa shape index (κ2) is 7.16. The fourth-order valence-corrected chi connectivity index (χ4v) is 3.89. The summed E-state index contributed by atoms with van der Waals surface area (Å²) in [5, 5.41) is 5.54. The maximum Gasteiger partial charge on any atom is 0.168 e. The summed E-state index contributed by atoms with van der Waals surface area (Å²) in [5.41, 5.74) is 4.02. The van der Waals surface area contributed by atoms with Crippen LogP contribution in [0.15, 0.2) is 61.1 Å². The van der Waals surface area contributed by atoms with Crippen LogP contribution >= 0.6 is 0 Å². The summed E-state index contributed by atoms with van der Waals surface area (Å²) in [5.74, 6) is 0.704. The normalized spacial score (nSPS) is 14.6. The second-order valence-corrected chi connectivity index (χ2v) is 7.23. The van der Waals surface area contributed by atoms with Gasteiger partial charge in [0.25, 0.3) is 0 Å². The van der Waals surface area contributed by atoms with E-state index in [2.05, 4.69) is 37.9 Å². The number of piperazine rings is 1. The van der Waals surface area contributed by atoms with Crippen LogP contribution in [0, 0.1) is 12.7 Å². The predicted molar refractivity (Wildman–Crippen MR) is 112 cm³/mol. The highest BCUT2D eigenvalue weighted by atomic mass is 19.1. The minimum Gasteiger partial charge on any atom is -0.368 e. The lowest BCUT2D eigenvalue weighted by Crippen LogP contribution is -2.46. The Labute approximate surface area is 168 Å². The molecule has 1 aliphatic heterocycles. The minimum atomic E-state index is -0.207. The molecule has 146 valence electrons. The first-order valence-electron chi connectivity index (χ1n) is 9.71. The molecule has 0 aliphatic carbocycles. The third-order valence-corrected chi connectivity index (χ3v) is 5.46. The molecule has 0 radical (unpaired) electrons. The van der Waals surface area contributed by atoms with E-state index in [1.165, 1.54) is 12.1 Å². The van der Waals surface area contributed by atoms with Gasteiger partial charge in [0.1, 0.15) is 18.0 Å². The Morgan fingerprint density at radius 1 is 0.862 bits per heavy atom. The zero-order chi connectivity index (χ0) is 19.8. The smallest absolute Gasteiger partial charge is 0.168 e. The van der Waals surface area contributed by atoms with Gasteiger partial charge in [0.05, 0.1) is 17.3 Å². The van der Waals surface area contributed by atoms with Crippen LogP contribution in [0.25, 0.3) is 16.7 Å². The fourth-order valence-electron chi connectivity index (χ4n) is 3.89. The van der Waals surface area contributed by atoms with Gasteiger partial charge in [0, 0.05) is 31.9 Å². The molecule has 0 bridgehead atoms. The van der Waals surface area contributed by atoms with Gasteiger partial charge in [-0.1, -0.05) is 18.2 Å². The van der Waals surface area contributed by atoms with Gasteiger partial charge < -0.3 is 9.80 Å². The number of anilines is 2. The standard InChI is InChI=1S/C22H21FN6/c1-16-4-2-3-5-20(16)29-22-19(14-26-29)21(24-15-25-22)28-12-10-27(11-13-28)18-8-6-17(23)7-9-18/h2-9,14-15H,10-13H2,1H3. The molecule has 1 saturated heterocycles. The first-order chi connectivity index (χ1) is 14.2. The van der Waals surface area contributed by atoms with Crippen molar-refractivity contribution in [2.45, 2.75) is 6.92 Å². The number of benzene rings is 2. The molecule has 4 aromatic rings. The fraction of sp³-hybridized carbons (Fsp3) is 0.227. The van der Waals surface area contributed by atoms with Crippen LogP contribution in [0.3, 0.4) is 0 Å². The summed E-state index contributed by atoms with van der Waals surface area (Å²) < 4.78 is 15.1. The van der Waals surface area contributed by atoms with Crippen LogP contribution in [0.2, 0.25) is 0 Å². The lowest BCUT2D eigenvalue weighted by molar-refractivity contribution is 0.624. The Kier molecular flexibility index (Phi) is 4.35. The van der Waals surface area contributed by atoms with Crippen molar-refractivity contribution in [1.82, 2.24) is 19.7 Å². The number of nitrogens with zero attached hydrogens (tertiary/aromatic N) is 6. The van der Waals surface area contributed by atoms with Gasteiger partial charge in [-0.05, 0) is 42.8 Å². The molecule has 0 amide bonds. The number of rotatable bonds is 3. The number of fused-ring (bicyclic) bond motifs is 1. The van der Waals surface area contributed by atoms with Crippen LogP contribution in [0.5, 0.6) is 0 Å². The Hall–Kier alpha value is -3.48. The number of hydrogen-bond acceptors (Lipinski definition) is 5. The molecule has 5 rings (SSSR count). The third kappa shape index (κ3) is 3.18. The molecule has 0 unspecified atom stereocenters. The van der Waals surface area contributed by atoms with E-state index in [4.69, 9.17) is 0 Å². The summed E-state index contributed by atoms with van der Waals surface area (Å²) in [6.07, 6.45) is 3.46. The number of aromatic nitrogens is 4. The van der Waals surface area contributed by atoms with Crippen molar-refractivity contribution >= 4 is 22.5 Å². The molecule has 0 N–H and O–H groups in total. The summed E-state index contributed by atoms with van der Waals surface area (Å²) in [4.78, 5) is 13.6. The van der Waals surface area contributed by atoms with E-state index >= 15 is 0 Å². The van der Waals surface area contributed by atoms with E-state index < -0.39 is 0 Å². The quantitative estimate of drug-likeness (QED) is 0.537. The molecular formula is C22H21FN6. The van der Waals surface area contributed by atoms with E-state index in [0.29, 0.717) is 0 Å². The maximum atomic E-state index is 13.2. The Morgan fingerprint density at radius 2 is 1.59 bits per heavy atom. The lowest BCUT2D eigenvalue weighted by Gasteiger charge is -2.36. The van der Waals surface area contributed by atoms with Crippen molar-refractivity contribution in [2.75, 3.05) is 36.0 Å². The van der Waals surface area contributed by atoms with Crippen LogP contribution in [0.4, 0.5) is 15.9 Å². The van der Waals surface area contributed by atoms with Crippen molar-refractivity contribution < 1.29 is 4.39 Å². The monoisotopic (exact) mass is 388 g/mol. The third-order valence-electron chi connectivity index (χ3n) is 5.46. The van der Waals surface area contributed by atoms with Crippen LogP contribution in [0.1, 0.15) is 5.56 Å². The van der Waals surface area contributed by atoms with Crippen molar-refractivity contribution in [2.24, 2.45) is 0 Å². The van der Waals surface area contributed by atoms with E-state index in [0.717, 1.165) is 60.0 Å². The molecular weight excluding hydrogens is 367 g/mol. The van der Waals surface area contributed by atoms with Gasteiger partial charge in [-0.3, -0.25) is 0 Å². The number of aryl methyl sites for hydroxylation is 1. The zero-order valence-corrected chi connectivity index (χ0v) is 16.2. The number of para-hydroxylation sites is 1. The largest absolute Gasteiger partial charge is 0.368 e. The SMILES string of the molecule is Cc1ccccc1-n1ncc2c(N3CCN(c4ccc(F)cc4)CC3)ncnc21. The highest BCUT2D eigenvalue weighted by Crippen LogP contribution is 2.27. The van der Waals surface area contributed by atoms with Crippen molar-refractivity contribution in [3.8, 4) is 5.69 Å². The number of halogens is 1. The lowest BCUT2D eigenvalue weighted by atomic mass is 10.2. The summed E-state index contributed by atoms with van der Waals surface area (Å²) in [6, 6.07) is 14.8. The molecule has 1 aliphatic rings. The molecule has 2 aromatic heterocycles. The van der Waals surface area contributed by atoms with Gasteiger partial charge in [0.15, 0.2) is 5.65 Å². The van der Waals surface area contributed by atoms with Gasteiger partial charge in [-0.2, -0.15) is 5.10 Å². The second-order valence-electron chi connectivity index (χ2n) is 7.23. The van der Waals surface area contributed by atoms with Gasteiger partial charge >= 0.3 is 0 Å². The molecule has 1 fully saturated rings. The van der Waals surface area contributed by atoms with Crippen LogP contribution < -0.4 is 9.80 Å². The highest BCUT2D eigenvalue weighted by molar-refractivity contribution is 5.88. The first kappa shape index (κ1) is 17.6.